The molecule has 0 aliphatic carbocycles. The topological polar surface area (TPSA) is 66.5 Å². The molecule has 5 nitrogen and oxygen atoms in total. The molecule has 0 aromatic heterocycles. The quantitative estimate of drug-likeness (QED) is 0.760. The first-order valence-electron chi connectivity index (χ1n) is 8.94. The molecule has 0 unspecified atom stereocenters. The molecule has 2 rings (SSSR count). The van der Waals surface area contributed by atoms with Gasteiger partial charge in [0.2, 0.25) is 15.9 Å². The first-order valence-corrected chi connectivity index (χ1v) is 10.4. The lowest BCUT2D eigenvalue weighted by atomic mass is 10.2. The molecule has 1 aliphatic heterocycles. The zero-order chi connectivity index (χ0) is 17.4. The number of hydrogen-bond donors (Lipinski definition) is 1. The van der Waals surface area contributed by atoms with Gasteiger partial charge in [-0.1, -0.05) is 32.6 Å². The second-order valence-corrected chi connectivity index (χ2v) is 8.29. The molecule has 0 bridgehead atoms. The third-order valence-electron chi connectivity index (χ3n) is 4.35. The minimum Gasteiger partial charge on any atom is -0.326 e. The van der Waals surface area contributed by atoms with Crippen molar-refractivity contribution in [1.82, 2.24) is 4.31 Å². The average molecular weight is 353 g/mol. The summed E-state index contributed by atoms with van der Waals surface area (Å²) in [5.74, 6) is -0.0217. The summed E-state index contributed by atoms with van der Waals surface area (Å²) in [5.41, 5.74) is 0.645. The third-order valence-corrected chi connectivity index (χ3v) is 6.26. The van der Waals surface area contributed by atoms with Crippen molar-refractivity contribution in [1.29, 1.82) is 0 Å². The summed E-state index contributed by atoms with van der Waals surface area (Å²) in [4.78, 5) is 12.1. The van der Waals surface area contributed by atoms with Crippen LogP contribution in [0.5, 0.6) is 0 Å². The maximum Gasteiger partial charge on any atom is 0.243 e. The number of amides is 1. The predicted molar refractivity (Wildman–Crippen MR) is 96.4 cm³/mol. The number of sulfonamides is 1. The van der Waals surface area contributed by atoms with Gasteiger partial charge in [0.1, 0.15) is 0 Å². The predicted octanol–water partition coefficient (Wildman–Crippen LogP) is 3.77. The Morgan fingerprint density at radius 2 is 1.67 bits per heavy atom. The van der Waals surface area contributed by atoms with Crippen LogP contribution in [0.1, 0.15) is 58.3 Å². The van der Waals surface area contributed by atoms with Crippen molar-refractivity contribution in [3.05, 3.63) is 24.3 Å². The highest BCUT2D eigenvalue weighted by Gasteiger charge is 2.24. The summed E-state index contributed by atoms with van der Waals surface area (Å²) in [6, 6.07) is 6.51. The number of nitrogens with one attached hydrogen (secondary N) is 1. The fraction of sp³-hybridized carbons (Fsp3) is 0.611. The number of anilines is 1. The maximum absolute atomic E-state index is 12.7. The van der Waals surface area contributed by atoms with Crippen LogP contribution in [0.15, 0.2) is 29.2 Å². The Morgan fingerprint density at radius 1 is 1.04 bits per heavy atom. The zero-order valence-corrected chi connectivity index (χ0v) is 15.3. The molecule has 1 amide bonds. The highest BCUT2D eigenvalue weighted by molar-refractivity contribution is 7.89. The van der Waals surface area contributed by atoms with E-state index in [0.717, 1.165) is 44.9 Å². The standard InChI is InChI=1S/C18H28N2O3S/c1-2-3-6-9-18(21)19-16-10-12-17(13-11-16)24(22,23)20-14-7-4-5-8-15-20/h10-13H,2-9,14-15H2,1H3,(H,19,21). The number of hydrogen-bond acceptors (Lipinski definition) is 3. The van der Waals surface area contributed by atoms with Gasteiger partial charge in [0.05, 0.1) is 4.90 Å². The van der Waals surface area contributed by atoms with Crippen molar-refractivity contribution < 1.29 is 13.2 Å². The molecule has 1 fully saturated rings. The van der Waals surface area contributed by atoms with E-state index in [4.69, 9.17) is 0 Å². The van der Waals surface area contributed by atoms with Gasteiger partial charge < -0.3 is 5.32 Å². The van der Waals surface area contributed by atoms with Crippen molar-refractivity contribution in [3.8, 4) is 0 Å². The zero-order valence-electron chi connectivity index (χ0n) is 14.5. The Labute approximate surface area is 145 Å². The van der Waals surface area contributed by atoms with Gasteiger partial charge >= 0.3 is 0 Å². The molecule has 6 heteroatoms. The molecule has 0 spiro atoms. The smallest absolute Gasteiger partial charge is 0.243 e. The van der Waals surface area contributed by atoms with E-state index >= 15 is 0 Å². The first kappa shape index (κ1) is 18.9. The number of unbranched alkanes of at least 4 members (excludes halogenated alkanes) is 2. The fourth-order valence-electron chi connectivity index (χ4n) is 2.90. The van der Waals surface area contributed by atoms with E-state index in [9.17, 15) is 13.2 Å². The lowest BCUT2D eigenvalue weighted by molar-refractivity contribution is -0.116. The molecular weight excluding hydrogens is 324 g/mol. The van der Waals surface area contributed by atoms with Gasteiger partial charge in [-0.05, 0) is 43.5 Å². The van der Waals surface area contributed by atoms with Crippen LogP contribution in [-0.4, -0.2) is 31.7 Å². The molecule has 134 valence electrons. The van der Waals surface area contributed by atoms with Crippen molar-refractivity contribution in [2.24, 2.45) is 0 Å². The summed E-state index contributed by atoms with van der Waals surface area (Å²) in [6.45, 7) is 3.29. The molecule has 1 aromatic carbocycles. The van der Waals surface area contributed by atoms with Crippen LogP contribution >= 0.6 is 0 Å². The molecule has 24 heavy (non-hydrogen) atoms. The first-order chi connectivity index (χ1) is 11.5. The molecule has 1 aliphatic rings. The van der Waals surface area contributed by atoms with Crippen LogP contribution in [0, 0.1) is 0 Å². The van der Waals surface area contributed by atoms with Crippen LogP contribution in [0.2, 0.25) is 0 Å². The van der Waals surface area contributed by atoms with Crippen LogP contribution in [0.25, 0.3) is 0 Å². The fourth-order valence-corrected chi connectivity index (χ4v) is 4.42. The van der Waals surface area contributed by atoms with E-state index in [1.807, 2.05) is 0 Å². The summed E-state index contributed by atoms with van der Waals surface area (Å²) in [5, 5.41) is 2.82. The van der Waals surface area contributed by atoms with Crippen molar-refractivity contribution >= 4 is 21.6 Å². The lowest BCUT2D eigenvalue weighted by Crippen LogP contribution is -2.31. The Balaban J connectivity index is 1.98. The number of benzene rings is 1. The van der Waals surface area contributed by atoms with Gasteiger partial charge in [0.25, 0.3) is 0 Å². The monoisotopic (exact) mass is 352 g/mol. The summed E-state index contributed by atoms with van der Waals surface area (Å²) in [6.07, 6.45) is 7.53. The van der Waals surface area contributed by atoms with Gasteiger partial charge in [-0.2, -0.15) is 4.31 Å². The van der Waals surface area contributed by atoms with E-state index < -0.39 is 10.0 Å². The van der Waals surface area contributed by atoms with Gasteiger partial charge in [-0.15, -0.1) is 0 Å². The van der Waals surface area contributed by atoms with Crippen molar-refractivity contribution in [2.45, 2.75) is 63.2 Å². The third kappa shape index (κ3) is 5.31. The highest BCUT2D eigenvalue weighted by atomic mass is 32.2. The molecule has 1 heterocycles. The molecule has 1 aromatic rings. The molecule has 1 saturated heterocycles. The largest absolute Gasteiger partial charge is 0.326 e. The van der Waals surface area contributed by atoms with Gasteiger partial charge in [0.15, 0.2) is 0 Å². The molecule has 0 atom stereocenters. The maximum atomic E-state index is 12.7. The molecular formula is C18H28N2O3S. The second kappa shape index (κ2) is 9.18. The summed E-state index contributed by atoms with van der Waals surface area (Å²) < 4.78 is 27.0. The number of carbonyl (C=O) groups is 1. The molecule has 0 radical (unpaired) electrons. The van der Waals surface area contributed by atoms with Crippen LogP contribution in [0.4, 0.5) is 5.69 Å². The van der Waals surface area contributed by atoms with Crippen LogP contribution in [0.3, 0.4) is 0 Å². The van der Waals surface area contributed by atoms with Crippen molar-refractivity contribution in [2.75, 3.05) is 18.4 Å². The highest BCUT2D eigenvalue weighted by Crippen LogP contribution is 2.22. The minimum absolute atomic E-state index is 0.0217. The van der Waals surface area contributed by atoms with Gasteiger partial charge in [-0.25, -0.2) is 8.42 Å². The summed E-state index contributed by atoms with van der Waals surface area (Å²) >= 11 is 0. The number of rotatable bonds is 7. The van der Waals surface area contributed by atoms with E-state index in [0.29, 0.717) is 30.1 Å². The summed E-state index contributed by atoms with van der Waals surface area (Å²) in [7, 11) is -3.43. The van der Waals surface area contributed by atoms with E-state index in [1.54, 1.807) is 28.6 Å². The molecule has 0 saturated carbocycles. The second-order valence-electron chi connectivity index (χ2n) is 6.35. The minimum atomic E-state index is -3.43. The lowest BCUT2D eigenvalue weighted by Gasteiger charge is -2.20. The van der Waals surface area contributed by atoms with E-state index in [1.165, 1.54) is 0 Å². The van der Waals surface area contributed by atoms with Crippen LogP contribution < -0.4 is 5.32 Å². The van der Waals surface area contributed by atoms with Gasteiger partial charge in [-0.3, -0.25) is 4.79 Å². The van der Waals surface area contributed by atoms with E-state index in [-0.39, 0.29) is 5.91 Å². The Kier molecular flexibility index (Phi) is 7.24. The number of nitrogens with zero attached hydrogens (tertiary/aromatic N) is 1. The normalized spacial score (nSPS) is 16.5. The number of carbonyl (C=O) groups excluding carboxylic acids is 1. The molecule has 1 N–H and O–H groups in total. The Bertz CT molecular complexity index is 618. The van der Waals surface area contributed by atoms with Crippen molar-refractivity contribution in [3.63, 3.8) is 0 Å². The van der Waals surface area contributed by atoms with Gasteiger partial charge in [0, 0.05) is 25.2 Å². The van der Waals surface area contributed by atoms with Crippen LogP contribution in [-0.2, 0) is 14.8 Å². The van der Waals surface area contributed by atoms with E-state index in [2.05, 4.69) is 12.2 Å². The average Bonchev–Trinajstić information content (AvgIpc) is 2.85. The Morgan fingerprint density at radius 3 is 2.25 bits per heavy atom. The SMILES string of the molecule is CCCCCC(=O)Nc1ccc(S(=O)(=O)N2CCCCCC2)cc1. The Hall–Kier alpha value is -1.40.